The van der Waals surface area contributed by atoms with Crippen molar-refractivity contribution in [3.8, 4) is 0 Å². The number of benzene rings is 6. The van der Waals surface area contributed by atoms with E-state index in [0.717, 1.165) is 26.4 Å². The van der Waals surface area contributed by atoms with Gasteiger partial charge in [-0.2, -0.15) is 0 Å². The van der Waals surface area contributed by atoms with Crippen molar-refractivity contribution in [1.82, 2.24) is 0 Å². The second kappa shape index (κ2) is 16.8. The lowest BCUT2D eigenvalue weighted by Crippen LogP contribution is -1.94. The first kappa shape index (κ1) is 31.4. The fourth-order valence-electron chi connectivity index (χ4n) is 4.98. The third kappa shape index (κ3) is 8.27. The van der Waals surface area contributed by atoms with E-state index >= 15 is 0 Å². The van der Waals surface area contributed by atoms with Crippen LogP contribution in [0.1, 0.15) is 24.5 Å². The number of aliphatic hydroxyl groups is 2. The van der Waals surface area contributed by atoms with E-state index in [9.17, 15) is 0 Å². The molecule has 0 aromatic heterocycles. The number of aliphatic hydroxyl groups excluding tert-OH is 2. The molecule has 0 heterocycles. The largest absolute Gasteiger partial charge is 0.400 e. The Bertz CT molecular complexity index is 1540. The van der Waals surface area contributed by atoms with Gasteiger partial charge in [0, 0.05) is 33.3 Å². The Morgan fingerprint density at radius 3 is 1.17 bits per heavy atom. The van der Waals surface area contributed by atoms with Gasteiger partial charge in [0.2, 0.25) is 0 Å². The smallest absolute Gasteiger partial charge is 0.0402 e. The summed E-state index contributed by atoms with van der Waals surface area (Å²) in [6.45, 7) is 1.93. The van der Waals surface area contributed by atoms with Crippen LogP contribution in [0, 0.1) is 0 Å². The Hall–Kier alpha value is -3.54. The van der Waals surface area contributed by atoms with E-state index in [2.05, 4.69) is 133 Å². The first-order chi connectivity index (χ1) is 20.8. The number of hydrogen-bond donors (Lipinski definition) is 2. The van der Waals surface area contributed by atoms with Crippen molar-refractivity contribution in [2.45, 2.75) is 45.8 Å². The average molecular weight is 591 g/mol. The minimum absolute atomic E-state index is 0.250. The van der Waals surface area contributed by atoms with Crippen molar-refractivity contribution < 1.29 is 10.2 Å². The monoisotopic (exact) mass is 590 g/mol. The number of fused-ring (bicyclic) bond motifs is 2. The Morgan fingerprint density at radius 2 is 0.786 bits per heavy atom. The van der Waals surface area contributed by atoms with Crippen molar-refractivity contribution in [2.24, 2.45) is 0 Å². The molecule has 0 amide bonds. The highest BCUT2D eigenvalue weighted by atomic mass is 32.2. The summed E-state index contributed by atoms with van der Waals surface area (Å²) >= 11 is 3.70. The van der Waals surface area contributed by atoms with Crippen molar-refractivity contribution in [2.75, 3.05) is 13.7 Å². The van der Waals surface area contributed by atoms with Gasteiger partial charge in [0.05, 0.1) is 0 Å². The predicted octanol–water partition coefficient (Wildman–Crippen LogP) is 10.1. The van der Waals surface area contributed by atoms with Crippen molar-refractivity contribution in [3.63, 3.8) is 0 Å². The van der Waals surface area contributed by atoms with Crippen molar-refractivity contribution in [3.05, 3.63) is 145 Å². The zero-order chi connectivity index (χ0) is 29.6. The molecular formula is C38H38O2S2. The molecule has 42 heavy (non-hydrogen) atoms. The van der Waals surface area contributed by atoms with Crippen LogP contribution in [0.4, 0.5) is 0 Å². The van der Waals surface area contributed by atoms with Crippen LogP contribution < -0.4 is 0 Å². The van der Waals surface area contributed by atoms with Gasteiger partial charge in [-0.1, -0.05) is 121 Å². The van der Waals surface area contributed by atoms with Crippen LogP contribution in [-0.2, 0) is 12.8 Å². The molecule has 6 aromatic rings. The molecule has 0 fully saturated rings. The molecule has 2 nitrogen and oxygen atoms in total. The topological polar surface area (TPSA) is 40.5 Å². The maximum absolute atomic E-state index is 7.57. The lowest BCUT2D eigenvalue weighted by molar-refractivity contribution is 0.318. The van der Waals surface area contributed by atoms with Crippen LogP contribution >= 0.6 is 23.5 Å². The van der Waals surface area contributed by atoms with Gasteiger partial charge in [-0.3, -0.25) is 0 Å². The molecular weight excluding hydrogens is 553 g/mol. The molecule has 0 saturated heterocycles. The van der Waals surface area contributed by atoms with Gasteiger partial charge in [-0.25, -0.2) is 0 Å². The van der Waals surface area contributed by atoms with Crippen LogP contribution in [0.3, 0.4) is 0 Å². The zero-order valence-corrected chi connectivity index (χ0v) is 25.9. The summed E-state index contributed by atoms with van der Waals surface area (Å²) in [5.74, 6) is 0. The summed E-state index contributed by atoms with van der Waals surface area (Å²) in [5.41, 5.74) is 2.88. The van der Waals surface area contributed by atoms with Crippen LogP contribution in [-0.4, -0.2) is 23.9 Å². The summed E-state index contributed by atoms with van der Waals surface area (Å²) in [6, 6.07) is 48.3. The first-order valence-corrected chi connectivity index (χ1v) is 15.9. The molecule has 0 aliphatic rings. The van der Waals surface area contributed by atoms with E-state index in [1.54, 1.807) is 6.92 Å². The highest BCUT2D eigenvalue weighted by molar-refractivity contribution is 7.99. The Morgan fingerprint density at radius 1 is 0.452 bits per heavy atom. The van der Waals surface area contributed by atoms with Gasteiger partial charge < -0.3 is 10.2 Å². The molecule has 0 aliphatic heterocycles. The van der Waals surface area contributed by atoms with Crippen LogP contribution in [0.5, 0.6) is 0 Å². The molecule has 0 spiro atoms. The third-order valence-electron chi connectivity index (χ3n) is 6.78. The van der Waals surface area contributed by atoms with E-state index in [0.29, 0.717) is 0 Å². The van der Waals surface area contributed by atoms with Gasteiger partial charge in [0.15, 0.2) is 0 Å². The molecule has 0 saturated carbocycles. The van der Waals surface area contributed by atoms with E-state index in [1.165, 1.54) is 52.3 Å². The van der Waals surface area contributed by atoms with Gasteiger partial charge in [0.1, 0.15) is 0 Å². The highest BCUT2D eigenvalue weighted by Crippen LogP contribution is 2.37. The molecule has 214 valence electrons. The predicted molar refractivity (Wildman–Crippen MR) is 182 cm³/mol. The van der Waals surface area contributed by atoms with E-state index in [1.807, 2.05) is 23.5 Å². The van der Waals surface area contributed by atoms with Gasteiger partial charge in [-0.05, 0) is 95.3 Å². The lowest BCUT2D eigenvalue weighted by atomic mass is 9.96. The standard InChI is InChI=1S/C35H28S2.C2H6O.CH4O/c1-3-14-28(15-4-1)36-34-24-22-26(30-18-7-9-20-32(30)34)12-11-13-27-23-25-35(33-21-10-8-19-31(27)33)37-29-16-5-2-6-17-29;1-2-3;1-2/h1-10,14-25H,11-13H2;3H,2H2,1H3;2H,1H3. The van der Waals surface area contributed by atoms with Gasteiger partial charge in [-0.15, -0.1) is 0 Å². The second-order valence-corrected chi connectivity index (χ2v) is 11.8. The molecule has 0 aliphatic carbocycles. The van der Waals surface area contributed by atoms with E-state index in [-0.39, 0.29) is 6.61 Å². The molecule has 2 N–H and O–H groups in total. The number of hydrogen-bond acceptors (Lipinski definition) is 4. The zero-order valence-electron chi connectivity index (χ0n) is 24.2. The molecule has 6 rings (SSSR count). The van der Waals surface area contributed by atoms with Gasteiger partial charge >= 0.3 is 0 Å². The molecule has 0 atom stereocenters. The minimum atomic E-state index is 0.250. The van der Waals surface area contributed by atoms with E-state index in [4.69, 9.17) is 10.2 Å². The summed E-state index contributed by atoms with van der Waals surface area (Å²) in [5, 5.41) is 20.0. The summed E-state index contributed by atoms with van der Waals surface area (Å²) in [6.07, 6.45) is 3.28. The first-order valence-electron chi connectivity index (χ1n) is 14.3. The maximum atomic E-state index is 7.57. The Balaban J connectivity index is 0.000000763. The Kier molecular flexibility index (Phi) is 12.6. The fraction of sp³-hybridized carbons (Fsp3) is 0.158. The van der Waals surface area contributed by atoms with Crippen LogP contribution in [0.25, 0.3) is 21.5 Å². The van der Waals surface area contributed by atoms with Gasteiger partial charge in [0.25, 0.3) is 0 Å². The van der Waals surface area contributed by atoms with Crippen molar-refractivity contribution >= 4 is 45.1 Å². The number of aryl methyl sites for hydroxylation is 2. The Labute approximate surface area is 258 Å². The summed E-state index contributed by atoms with van der Waals surface area (Å²) in [7, 11) is 1.00. The van der Waals surface area contributed by atoms with Crippen LogP contribution in [0.2, 0.25) is 0 Å². The molecule has 0 radical (unpaired) electrons. The summed E-state index contributed by atoms with van der Waals surface area (Å²) in [4.78, 5) is 5.20. The fourth-order valence-corrected chi connectivity index (χ4v) is 6.92. The van der Waals surface area contributed by atoms with Crippen LogP contribution in [0.15, 0.2) is 153 Å². The van der Waals surface area contributed by atoms with E-state index < -0.39 is 0 Å². The SMILES string of the molecule is CCO.CO.c1ccc(Sc2ccc(CCCc3ccc(Sc4ccccc4)c4ccccc34)c3ccccc23)cc1. The summed E-state index contributed by atoms with van der Waals surface area (Å²) < 4.78 is 0. The maximum Gasteiger partial charge on any atom is 0.0402 e. The number of rotatable bonds is 8. The molecule has 6 aromatic carbocycles. The molecule has 4 heteroatoms. The lowest BCUT2D eigenvalue weighted by Gasteiger charge is -2.13. The average Bonchev–Trinajstić information content (AvgIpc) is 3.05. The minimum Gasteiger partial charge on any atom is -0.400 e. The highest BCUT2D eigenvalue weighted by Gasteiger charge is 2.10. The quantitative estimate of drug-likeness (QED) is 0.185. The molecule has 0 unspecified atom stereocenters. The molecule has 0 bridgehead atoms. The third-order valence-corrected chi connectivity index (χ3v) is 8.95. The normalized spacial score (nSPS) is 10.5. The second-order valence-electron chi connectivity index (χ2n) is 9.54. The van der Waals surface area contributed by atoms with Crippen molar-refractivity contribution in [1.29, 1.82) is 0 Å².